The highest BCUT2D eigenvalue weighted by Crippen LogP contribution is 2.23. The highest BCUT2D eigenvalue weighted by molar-refractivity contribution is 6.00. The Kier molecular flexibility index (Phi) is 4.64. The van der Waals surface area contributed by atoms with E-state index in [0.29, 0.717) is 18.5 Å². The van der Waals surface area contributed by atoms with Crippen LogP contribution < -0.4 is 0 Å². The zero-order chi connectivity index (χ0) is 14.9. The van der Waals surface area contributed by atoms with Crippen LogP contribution in [0.1, 0.15) is 53.7 Å². The van der Waals surface area contributed by atoms with Crippen molar-refractivity contribution in [2.45, 2.75) is 53.5 Å². The number of hydrogen-bond acceptors (Lipinski definition) is 2. The highest BCUT2D eigenvalue weighted by Gasteiger charge is 2.25. The van der Waals surface area contributed by atoms with Gasteiger partial charge in [0.1, 0.15) is 0 Å². The van der Waals surface area contributed by atoms with Crippen LogP contribution in [0.4, 0.5) is 0 Å². The van der Waals surface area contributed by atoms with Crippen molar-refractivity contribution in [2.75, 3.05) is 13.1 Å². The van der Waals surface area contributed by atoms with Crippen LogP contribution in [-0.2, 0) is 0 Å². The maximum atomic E-state index is 12.7. The number of hydrogen-bond donors (Lipinski definition) is 0. The molecule has 1 aromatic rings. The molecule has 2 rings (SSSR count). The Morgan fingerprint density at radius 1 is 1.15 bits per heavy atom. The van der Waals surface area contributed by atoms with Gasteiger partial charge in [-0.1, -0.05) is 24.6 Å². The summed E-state index contributed by atoms with van der Waals surface area (Å²) in [5.41, 5.74) is 4.40. The van der Waals surface area contributed by atoms with Crippen molar-refractivity contribution < 1.29 is 4.79 Å². The van der Waals surface area contributed by atoms with Gasteiger partial charge >= 0.3 is 0 Å². The van der Waals surface area contributed by atoms with Crippen LogP contribution in [0.25, 0.3) is 0 Å². The van der Waals surface area contributed by atoms with E-state index >= 15 is 0 Å². The number of ketones is 1. The molecule has 0 aromatic heterocycles. The number of piperidine rings is 1. The van der Waals surface area contributed by atoms with Crippen molar-refractivity contribution >= 4 is 5.78 Å². The first-order chi connectivity index (χ1) is 9.38. The van der Waals surface area contributed by atoms with Crippen LogP contribution in [0.5, 0.6) is 0 Å². The van der Waals surface area contributed by atoms with Gasteiger partial charge in [0.15, 0.2) is 5.78 Å². The molecule has 1 fully saturated rings. The van der Waals surface area contributed by atoms with E-state index in [9.17, 15) is 4.79 Å². The number of Topliss-reactive ketones (excluding diaryl/α,β-unsaturated/α-hetero) is 1. The summed E-state index contributed by atoms with van der Waals surface area (Å²) in [4.78, 5) is 15.0. The van der Waals surface area contributed by atoms with Crippen LogP contribution >= 0.6 is 0 Å². The topological polar surface area (TPSA) is 20.3 Å². The van der Waals surface area contributed by atoms with Crippen LogP contribution in [0, 0.1) is 26.7 Å². The van der Waals surface area contributed by atoms with Gasteiger partial charge in [0, 0.05) is 18.2 Å². The monoisotopic (exact) mass is 273 g/mol. The first kappa shape index (κ1) is 15.2. The molecular weight excluding hydrogens is 246 g/mol. The summed E-state index contributed by atoms with van der Waals surface area (Å²) in [5.74, 6) is 0.986. The standard InChI is InChI=1S/C18H27NO/c1-12-6-7-16(5)19(10-12)11-17(20)18-14(3)8-13(2)9-15(18)4/h8-9,12,16H,6-7,10-11H2,1-5H3. The molecule has 2 heteroatoms. The average molecular weight is 273 g/mol. The van der Waals surface area contributed by atoms with Crippen molar-refractivity contribution in [3.05, 3.63) is 34.4 Å². The second-order valence-corrected chi connectivity index (χ2v) is 6.66. The average Bonchev–Trinajstić information content (AvgIpc) is 2.32. The minimum absolute atomic E-state index is 0.279. The highest BCUT2D eigenvalue weighted by atomic mass is 16.1. The Hall–Kier alpha value is -1.15. The zero-order valence-corrected chi connectivity index (χ0v) is 13.5. The van der Waals surface area contributed by atoms with E-state index in [4.69, 9.17) is 0 Å². The largest absolute Gasteiger partial charge is 0.293 e. The second kappa shape index (κ2) is 6.09. The van der Waals surface area contributed by atoms with Gasteiger partial charge in [-0.05, 0) is 57.6 Å². The predicted octanol–water partition coefficient (Wildman–Crippen LogP) is 3.91. The summed E-state index contributed by atoms with van der Waals surface area (Å²) < 4.78 is 0. The van der Waals surface area contributed by atoms with Gasteiger partial charge in [0.25, 0.3) is 0 Å². The van der Waals surface area contributed by atoms with Gasteiger partial charge < -0.3 is 0 Å². The number of nitrogens with zero attached hydrogens (tertiary/aromatic N) is 1. The SMILES string of the molecule is Cc1cc(C)c(C(=O)CN2CC(C)CCC2C)c(C)c1. The number of aryl methyl sites for hydroxylation is 3. The molecule has 110 valence electrons. The zero-order valence-electron chi connectivity index (χ0n) is 13.5. The van der Waals surface area contributed by atoms with Crippen molar-refractivity contribution in [3.63, 3.8) is 0 Å². The third-order valence-corrected chi connectivity index (χ3v) is 4.55. The van der Waals surface area contributed by atoms with E-state index in [-0.39, 0.29) is 5.78 Å². The second-order valence-electron chi connectivity index (χ2n) is 6.66. The number of carbonyl (C=O) groups is 1. The van der Waals surface area contributed by atoms with Crippen LogP contribution in [0.2, 0.25) is 0 Å². The molecule has 20 heavy (non-hydrogen) atoms. The normalized spacial score (nSPS) is 23.9. The van der Waals surface area contributed by atoms with Gasteiger partial charge in [-0.2, -0.15) is 0 Å². The molecule has 1 saturated heterocycles. The number of carbonyl (C=O) groups excluding carboxylic acids is 1. The van der Waals surface area contributed by atoms with E-state index in [1.807, 2.05) is 0 Å². The summed E-state index contributed by atoms with van der Waals surface area (Å²) in [5, 5.41) is 0. The van der Waals surface area contributed by atoms with E-state index in [1.54, 1.807) is 0 Å². The Labute approximate surface area is 123 Å². The number of rotatable bonds is 3. The van der Waals surface area contributed by atoms with Crippen LogP contribution in [-0.4, -0.2) is 29.8 Å². The molecule has 0 bridgehead atoms. The van der Waals surface area contributed by atoms with E-state index in [1.165, 1.54) is 18.4 Å². The first-order valence-electron chi connectivity index (χ1n) is 7.73. The van der Waals surface area contributed by atoms with Crippen LogP contribution in [0.3, 0.4) is 0 Å². The third-order valence-electron chi connectivity index (χ3n) is 4.55. The molecule has 1 aromatic carbocycles. The quantitative estimate of drug-likeness (QED) is 0.778. The molecule has 1 aliphatic rings. The molecule has 2 unspecified atom stereocenters. The van der Waals surface area contributed by atoms with Crippen LogP contribution in [0.15, 0.2) is 12.1 Å². The van der Waals surface area contributed by atoms with E-state index < -0.39 is 0 Å². The third kappa shape index (κ3) is 3.29. The van der Waals surface area contributed by atoms with Gasteiger partial charge in [0.2, 0.25) is 0 Å². The molecule has 2 atom stereocenters. The van der Waals surface area contributed by atoms with Crippen molar-refractivity contribution in [1.29, 1.82) is 0 Å². The molecular formula is C18H27NO. The molecule has 0 spiro atoms. The molecule has 1 aliphatic heterocycles. The lowest BCUT2D eigenvalue weighted by Gasteiger charge is -2.36. The first-order valence-corrected chi connectivity index (χ1v) is 7.73. The van der Waals surface area contributed by atoms with E-state index in [0.717, 1.165) is 23.2 Å². The summed E-state index contributed by atoms with van der Waals surface area (Å²) in [6.45, 7) is 12.3. The molecule has 2 nitrogen and oxygen atoms in total. The summed E-state index contributed by atoms with van der Waals surface area (Å²) in [6, 6.07) is 4.76. The fraction of sp³-hybridized carbons (Fsp3) is 0.611. The summed E-state index contributed by atoms with van der Waals surface area (Å²) >= 11 is 0. The molecule has 0 N–H and O–H groups in total. The minimum atomic E-state index is 0.279. The Morgan fingerprint density at radius 2 is 1.75 bits per heavy atom. The maximum Gasteiger partial charge on any atom is 0.177 e. The van der Waals surface area contributed by atoms with Gasteiger partial charge in [-0.15, -0.1) is 0 Å². The number of benzene rings is 1. The molecule has 1 heterocycles. The predicted molar refractivity (Wildman–Crippen MR) is 84.4 cm³/mol. The Balaban J connectivity index is 2.16. The number of likely N-dealkylation sites (tertiary alicyclic amines) is 1. The van der Waals surface area contributed by atoms with Crippen molar-refractivity contribution in [1.82, 2.24) is 4.90 Å². The fourth-order valence-electron chi connectivity index (χ4n) is 3.48. The van der Waals surface area contributed by atoms with Gasteiger partial charge in [-0.25, -0.2) is 0 Å². The molecule has 0 amide bonds. The van der Waals surface area contributed by atoms with Crippen molar-refractivity contribution in [2.24, 2.45) is 5.92 Å². The lowest BCUT2D eigenvalue weighted by Crippen LogP contribution is -2.43. The fourth-order valence-corrected chi connectivity index (χ4v) is 3.48. The van der Waals surface area contributed by atoms with Crippen molar-refractivity contribution in [3.8, 4) is 0 Å². The lowest BCUT2D eigenvalue weighted by atomic mass is 9.92. The lowest BCUT2D eigenvalue weighted by molar-refractivity contribution is 0.0804. The van der Waals surface area contributed by atoms with Gasteiger partial charge in [-0.3, -0.25) is 9.69 Å². The smallest absolute Gasteiger partial charge is 0.177 e. The summed E-state index contributed by atoms with van der Waals surface area (Å²) in [6.07, 6.45) is 2.49. The maximum absolute atomic E-state index is 12.7. The Bertz CT molecular complexity index is 483. The van der Waals surface area contributed by atoms with E-state index in [2.05, 4.69) is 51.7 Å². The van der Waals surface area contributed by atoms with Gasteiger partial charge in [0.05, 0.1) is 6.54 Å². The molecule has 0 saturated carbocycles. The Morgan fingerprint density at radius 3 is 2.35 bits per heavy atom. The summed E-state index contributed by atoms with van der Waals surface area (Å²) in [7, 11) is 0. The molecule has 0 aliphatic carbocycles. The minimum Gasteiger partial charge on any atom is -0.293 e. The molecule has 0 radical (unpaired) electrons.